The Morgan fingerprint density at radius 3 is 2.66 bits per heavy atom. The van der Waals surface area contributed by atoms with Gasteiger partial charge < -0.3 is 15.4 Å². The molecule has 0 radical (unpaired) electrons. The number of benzene rings is 2. The number of nitrogens with zero attached hydrogens (tertiary/aromatic N) is 4. The smallest absolute Gasteiger partial charge is 0.240 e. The largest absolute Gasteiger partial charge is 0.494 e. The fraction of sp³-hybridized carbons (Fsp3) is 0.167. The first-order chi connectivity index (χ1) is 15.6. The standard InChI is InChI=1S/C24H20FN5O2/c1-32-20-12-15(16-6-2-3-7-18(16)25)11-17-21(20)28-23(14-5-4-9-27-13-14)29-24(17)30-10-8-19(30)22(26)31/h2-7,9,11-13,19H,8,10H2,1H3,(H2,26,31). The van der Waals surface area contributed by atoms with Gasteiger partial charge in [0.2, 0.25) is 5.91 Å². The van der Waals surface area contributed by atoms with E-state index in [4.69, 9.17) is 20.4 Å². The first-order valence-corrected chi connectivity index (χ1v) is 10.2. The quantitative estimate of drug-likeness (QED) is 0.521. The van der Waals surface area contributed by atoms with Crippen molar-refractivity contribution in [3.8, 4) is 28.3 Å². The number of fused-ring (bicyclic) bond motifs is 1. The molecule has 1 aliphatic rings. The number of anilines is 1. The van der Waals surface area contributed by atoms with Gasteiger partial charge in [0, 0.05) is 35.5 Å². The lowest BCUT2D eigenvalue weighted by molar-refractivity contribution is -0.120. The summed E-state index contributed by atoms with van der Waals surface area (Å²) in [5, 5.41) is 0.654. The van der Waals surface area contributed by atoms with E-state index in [1.165, 1.54) is 6.07 Å². The lowest BCUT2D eigenvalue weighted by Gasteiger charge is -2.40. The van der Waals surface area contributed by atoms with Gasteiger partial charge in [-0.1, -0.05) is 18.2 Å². The molecule has 2 N–H and O–H groups in total. The summed E-state index contributed by atoms with van der Waals surface area (Å²) in [7, 11) is 1.54. The SMILES string of the molecule is COc1cc(-c2ccccc2F)cc2c(N3CCC3C(N)=O)nc(-c3cccnc3)nc12. The number of ether oxygens (including phenoxy) is 1. The third-order valence-corrected chi connectivity index (χ3v) is 5.69. The fourth-order valence-corrected chi connectivity index (χ4v) is 3.97. The van der Waals surface area contributed by atoms with E-state index in [-0.39, 0.29) is 5.82 Å². The molecule has 4 aromatic rings. The molecule has 2 aromatic carbocycles. The second kappa shape index (κ2) is 7.88. The van der Waals surface area contributed by atoms with E-state index >= 15 is 0 Å². The molecule has 0 saturated carbocycles. The number of aromatic nitrogens is 3. The van der Waals surface area contributed by atoms with Crippen molar-refractivity contribution >= 4 is 22.6 Å². The van der Waals surface area contributed by atoms with Gasteiger partial charge in [0.1, 0.15) is 28.9 Å². The fourth-order valence-electron chi connectivity index (χ4n) is 3.97. The Balaban J connectivity index is 1.79. The van der Waals surface area contributed by atoms with Gasteiger partial charge in [-0.15, -0.1) is 0 Å². The molecule has 1 fully saturated rings. The Morgan fingerprint density at radius 1 is 1.16 bits per heavy atom. The van der Waals surface area contributed by atoms with Crippen LogP contribution in [0, 0.1) is 5.82 Å². The highest BCUT2D eigenvalue weighted by Gasteiger charge is 2.35. The lowest BCUT2D eigenvalue weighted by atomic mass is 9.99. The van der Waals surface area contributed by atoms with Crippen LogP contribution in [0.1, 0.15) is 6.42 Å². The number of hydrogen-bond donors (Lipinski definition) is 1. The Bertz CT molecular complexity index is 1330. The molecule has 1 unspecified atom stereocenters. The van der Waals surface area contributed by atoms with Crippen molar-refractivity contribution in [1.82, 2.24) is 15.0 Å². The number of amides is 1. The molecule has 0 spiro atoms. The number of rotatable bonds is 5. The van der Waals surface area contributed by atoms with Gasteiger partial charge in [-0.2, -0.15) is 0 Å². The van der Waals surface area contributed by atoms with E-state index in [1.807, 2.05) is 17.0 Å². The van der Waals surface area contributed by atoms with Gasteiger partial charge >= 0.3 is 0 Å². The zero-order valence-electron chi connectivity index (χ0n) is 17.3. The molecular formula is C24H20FN5O2. The third kappa shape index (κ3) is 3.30. The highest BCUT2D eigenvalue weighted by Crippen LogP contribution is 2.39. The molecule has 1 saturated heterocycles. The third-order valence-electron chi connectivity index (χ3n) is 5.69. The number of methoxy groups -OCH3 is 1. The van der Waals surface area contributed by atoms with Gasteiger partial charge in [-0.25, -0.2) is 14.4 Å². The number of carbonyl (C=O) groups excluding carboxylic acids is 1. The van der Waals surface area contributed by atoms with E-state index < -0.39 is 11.9 Å². The summed E-state index contributed by atoms with van der Waals surface area (Å²) >= 11 is 0. The summed E-state index contributed by atoms with van der Waals surface area (Å²) in [6.45, 7) is 0.623. The van der Waals surface area contributed by atoms with E-state index in [1.54, 1.807) is 49.8 Å². The van der Waals surface area contributed by atoms with Crippen molar-refractivity contribution < 1.29 is 13.9 Å². The van der Waals surface area contributed by atoms with Crippen LogP contribution in [0.15, 0.2) is 60.9 Å². The highest BCUT2D eigenvalue weighted by atomic mass is 19.1. The minimum atomic E-state index is -0.460. The Kier molecular flexibility index (Phi) is 4.89. The maximum atomic E-state index is 14.6. The number of nitrogens with two attached hydrogens (primary N) is 1. The van der Waals surface area contributed by atoms with Crippen molar-refractivity contribution in [2.24, 2.45) is 5.73 Å². The Hall–Kier alpha value is -4.07. The summed E-state index contributed by atoms with van der Waals surface area (Å²) in [4.78, 5) is 27.5. The average molecular weight is 429 g/mol. The first-order valence-electron chi connectivity index (χ1n) is 10.2. The molecule has 1 aliphatic heterocycles. The van der Waals surface area contributed by atoms with Crippen molar-refractivity contribution in [3.63, 3.8) is 0 Å². The Morgan fingerprint density at radius 2 is 2.00 bits per heavy atom. The minimum Gasteiger partial charge on any atom is -0.494 e. The van der Waals surface area contributed by atoms with E-state index in [0.717, 1.165) is 5.56 Å². The molecular weight excluding hydrogens is 409 g/mol. The predicted molar refractivity (Wildman–Crippen MR) is 120 cm³/mol. The van der Waals surface area contributed by atoms with Gasteiger partial charge in [0.15, 0.2) is 5.82 Å². The molecule has 0 aliphatic carbocycles. The van der Waals surface area contributed by atoms with E-state index in [2.05, 4.69) is 4.98 Å². The molecule has 1 atom stereocenters. The second-order valence-electron chi connectivity index (χ2n) is 7.57. The van der Waals surface area contributed by atoms with Crippen LogP contribution in [0.3, 0.4) is 0 Å². The van der Waals surface area contributed by atoms with Crippen LogP contribution in [0.5, 0.6) is 5.75 Å². The minimum absolute atomic E-state index is 0.345. The highest BCUT2D eigenvalue weighted by molar-refractivity contribution is 6.00. The number of carbonyl (C=O) groups is 1. The van der Waals surface area contributed by atoms with Crippen molar-refractivity contribution in [1.29, 1.82) is 0 Å². The molecule has 3 heterocycles. The van der Waals surface area contributed by atoms with E-state index in [0.29, 0.717) is 52.4 Å². The number of pyridine rings is 1. The van der Waals surface area contributed by atoms with Crippen LogP contribution < -0.4 is 15.4 Å². The molecule has 7 nitrogen and oxygen atoms in total. The lowest BCUT2D eigenvalue weighted by Crippen LogP contribution is -2.55. The summed E-state index contributed by atoms with van der Waals surface area (Å²) < 4.78 is 20.2. The van der Waals surface area contributed by atoms with Gasteiger partial charge in [-0.05, 0) is 42.3 Å². The molecule has 5 rings (SSSR count). The summed E-state index contributed by atoms with van der Waals surface area (Å²) in [6, 6.07) is 13.3. The topological polar surface area (TPSA) is 94.2 Å². The zero-order chi connectivity index (χ0) is 22.2. The number of primary amides is 1. The molecule has 160 valence electrons. The van der Waals surface area contributed by atoms with Crippen molar-refractivity contribution in [2.75, 3.05) is 18.6 Å². The number of halogens is 1. The zero-order valence-corrected chi connectivity index (χ0v) is 17.3. The van der Waals surface area contributed by atoms with Crippen LogP contribution >= 0.6 is 0 Å². The first kappa shape index (κ1) is 19.9. The molecule has 32 heavy (non-hydrogen) atoms. The van der Waals surface area contributed by atoms with Crippen molar-refractivity contribution in [2.45, 2.75) is 12.5 Å². The summed E-state index contributed by atoms with van der Waals surface area (Å²) in [5.74, 6) is 0.726. The van der Waals surface area contributed by atoms with Gasteiger partial charge in [0.05, 0.1) is 7.11 Å². The summed E-state index contributed by atoms with van der Waals surface area (Å²) in [6.07, 6.45) is 3.99. The van der Waals surface area contributed by atoms with Crippen LogP contribution in [0.4, 0.5) is 10.2 Å². The van der Waals surface area contributed by atoms with Crippen molar-refractivity contribution in [3.05, 3.63) is 66.7 Å². The van der Waals surface area contributed by atoms with Crippen LogP contribution in [-0.2, 0) is 4.79 Å². The van der Waals surface area contributed by atoms with E-state index in [9.17, 15) is 9.18 Å². The van der Waals surface area contributed by atoms with Crippen LogP contribution in [0.2, 0.25) is 0 Å². The maximum Gasteiger partial charge on any atom is 0.240 e. The maximum absolute atomic E-state index is 14.6. The second-order valence-corrected chi connectivity index (χ2v) is 7.57. The monoisotopic (exact) mass is 429 g/mol. The van der Waals surface area contributed by atoms with Crippen LogP contribution in [-0.4, -0.2) is 40.6 Å². The predicted octanol–water partition coefficient (Wildman–Crippen LogP) is 3.57. The molecule has 0 bridgehead atoms. The van der Waals surface area contributed by atoms with Gasteiger partial charge in [0.25, 0.3) is 0 Å². The van der Waals surface area contributed by atoms with Gasteiger partial charge in [-0.3, -0.25) is 9.78 Å². The normalized spacial score (nSPS) is 15.4. The Labute approximate surface area is 183 Å². The van der Waals surface area contributed by atoms with Crippen LogP contribution in [0.25, 0.3) is 33.4 Å². The number of hydrogen-bond acceptors (Lipinski definition) is 6. The molecule has 2 aromatic heterocycles. The molecule has 8 heteroatoms. The summed E-state index contributed by atoms with van der Waals surface area (Å²) in [5.41, 5.74) is 7.96. The average Bonchev–Trinajstić information content (AvgIpc) is 2.78. The molecule has 1 amide bonds.